The van der Waals surface area contributed by atoms with Gasteiger partial charge in [0, 0.05) is 19.3 Å². The summed E-state index contributed by atoms with van der Waals surface area (Å²) in [4.78, 5) is 27.3. The zero-order chi connectivity index (χ0) is 19.8. The number of aliphatic hydroxyl groups is 1. The van der Waals surface area contributed by atoms with Gasteiger partial charge in [-0.05, 0) is 31.0 Å². The summed E-state index contributed by atoms with van der Waals surface area (Å²) in [6.45, 7) is 2.57. The van der Waals surface area contributed by atoms with E-state index in [4.69, 9.17) is 5.73 Å². The molecular weight excluding hydrogens is 383 g/mol. The molecule has 2 atom stereocenters. The number of nitrogens with zero attached hydrogens (tertiary/aromatic N) is 4. The molecule has 1 saturated heterocycles. The number of nitrogens with one attached hydrogen (secondary N) is 1. The van der Waals surface area contributed by atoms with Crippen LogP contribution in [0.3, 0.4) is 0 Å². The maximum absolute atomic E-state index is 13.4. The lowest BCUT2D eigenvalue weighted by Crippen LogP contribution is -2.30. The molecule has 28 heavy (non-hydrogen) atoms. The number of thiophene rings is 1. The minimum Gasteiger partial charge on any atom is -0.391 e. The Labute approximate surface area is 164 Å². The van der Waals surface area contributed by atoms with Crippen molar-refractivity contribution < 1.29 is 14.3 Å². The van der Waals surface area contributed by atoms with Crippen LogP contribution in [0.1, 0.15) is 35.4 Å². The van der Waals surface area contributed by atoms with Crippen molar-refractivity contribution >= 4 is 38.4 Å². The summed E-state index contributed by atoms with van der Waals surface area (Å²) in [5, 5.41) is 13.4. The first-order chi connectivity index (χ1) is 13.4. The molecule has 0 radical (unpaired) electrons. The lowest BCUT2D eigenvalue weighted by molar-refractivity contribution is 0.0761. The molecule has 1 aliphatic heterocycles. The van der Waals surface area contributed by atoms with E-state index >= 15 is 0 Å². The smallest absolute Gasteiger partial charge is 0.274 e. The van der Waals surface area contributed by atoms with E-state index in [9.17, 15) is 14.3 Å². The van der Waals surface area contributed by atoms with E-state index in [0.717, 1.165) is 6.20 Å². The molecule has 0 aromatic carbocycles. The number of nitrogens with two attached hydrogens (primary N) is 1. The van der Waals surface area contributed by atoms with Gasteiger partial charge in [-0.2, -0.15) is 0 Å². The Hall–Kier alpha value is -2.85. The van der Waals surface area contributed by atoms with Crippen LogP contribution in [0.15, 0.2) is 24.5 Å². The minimum absolute atomic E-state index is 0.241. The molecule has 3 aromatic rings. The number of aromatic nitrogens is 3. The topological polar surface area (TPSA) is 117 Å². The van der Waals surface area contributed by atoms with E-state index in [-0.39, 0.29) is 30.1 Å². The van der Waals surface area contributed by atoms with Gasteiger partial charge in [-0.25, -0.2) is 14.4 Å². The lowest BCUT2D eigenvalue weighted by atomic mass is 10.1. The number of β-amino-alcohol motifs (C(OH)–C–C–N with tert-alkyl or cyclic N) is 1. The third-order valence-electron chi connectivity index (χ3n) is 4.62. The Bertz CT molecular complexity index is 1040. The Morgan fingerprint density at radius 1 is 1.43 bits per heavy atom. The Balaban J connectivity index is 1.68. The van der Waals surface area contributed by atoms with Crippen molar-refractivity contribution in [2.75, 3.05) is 24.1 Å². The second-order valence-corrected chi connectivity index (χ2v) is 7.84. The highest BCUT2D eigenvalue weighted by Crippen LogP contribution is 2.31. The summed E-state index contributed by atoms with van der Waals surface area (Å²) < 4.78 is 14.1. The molecule has 0 aliphatic carbocycles. The summed E-state index contributed by atoms with van der Waals surface area (Å²) in [6.07, 6.45) is 2.71. The number of aliphatic hydroxyl groups excluding tert-OH is 1. The number of likely N-dealkylation sites (tertiary alicyclic amines) is 1. The first-order valence-electron chi connectivity index (χ1n) is 8.82. The Morgan fingerprint density at radius 2 is 2.25 bits per heavy atom. The third kappa shape index (κ3) is 3.60. The monoisotopic (exact) mass is 402 g/mol. The highest BCUT2D eigenvalue weighted by atomic mass is 32.1. The first kappa shape index (κ1) is 18.5. The zero-order valence-electron chi connectivity index (χ0n) is 15.1. The van der Waals surface area contributed by atoms with Gasteiger partial charge in [0.15, 0.2) is 5.69 Å². The molecule has 0 unspecified atom stereocenters. The van der Waals surface area contributed by atoms with E-state index < -0.39 is 11.9 Å². The summed E-state index contributed by atoms with van der Waals surface area (Å²) in [6, 6.07) is 2.74. The number of pyridine rings is 1. The fourth-order valence-corrected chi connectivity index (χ4v) is 4.02. The summed E-state index contributed by atoms with van der Waals surface area (Å²) >= 11 is 1.25. The van der Waals surface area contributed by atoms with Crippen molar-refractivity contribution in [1.82, 2.24) is 19.9 Å². The molecule has 0 spiro atoms. The fraction of sp³-hybridized carbons (Fsp3) is 0.333. The van der Waals surface area contributed by atoms with E-state index in [2.05, 4.69) is 20.3 Å². The van der Waals surface area contributed by atoms with Crippen LogP contribution in [0.25, 0.3) is 10.2 Å². The van der Waals surface area contributed by atoms with Crippen LogP contribution in [0, 0.1) is 5.82 Å². The quantitative estimate of drug-likeness (QED) is 0.612. The van der Waals surface area contributed by atoms with E-state index in [1.165, 1.54) is 17.4 Å². The second-order valence-electron chi connectivity index (χ2n) is 6.76. The van der Waals surface area contributed by atoms with Crippen LogP contribution in [0.5, 0.6) is 0 Å². The van der Waals surface area contributed by atoms with E-state index in [0.29, 0.717) is 33.7 Å². The lowest BCUT2D eigenvalue weighted by Gasteiger charge is -2.17. The molecule has 0 saturated carbocycles. The SMILES string of the molecule is C[C@H](Nc1nc(C(=O)N2CC[C@H](O)C2)c2sc(N)cc2n1)c1cncc(F)c1. The van der Waals surface area contributed by atoms with Crippen LogP contribution in [0.2, 0.25) is 0 Å². The van der Waals surface area contributed by atoms with Gasteiger partial charge in [0.2, 0.25) is 5.95 Å². The number of amides is 1. The average Bonchev–Trinajstić information content (AvgIpc) is 3.25. The summed E-state index contributed by atoms with van der Waals surface area (Å²) in [5.41, 5.74) is 7.34. The number of halogens is 1. The van der Waals surface area contributed by atoms with Gasteiger partial charge in [-0.1, -0.05) is 0 Å². The molecule has 1 aliphatic rings. The van der Waals surface area contributed by atoms with Gasteiger partial charge >= 0.3 is 0 Å². The number of anilines is 2. The van der Waals surface area contributed by atoms with Gasteiger partial charge in [0.1, 0.15) is 5.82 Å². The van der Waals surface area contributed by atoms with Crippen LogP contribution in [-0.4, -0.2) is 50.1 Å². The van der Waals surface area contributed by atoms with Crippen molar-refractivity contribution in [2.45, 2.75) is 25.5 Å². The third-order valence-corrected chi connectivity index (χ3v) is 5.58. The van der Waals surface area contributed by atoms with Crippen molar-refractivity contribution in [3.8, 4) is 0 Å². The molecule has 10 heteroatoms. The van der Waals surface area contributed by atoms with Gasteiger partial charge in [-0.3, -0.25) is 9.78 Å². The molecule has 1 amide bonds. The number of nitrogen functional groups attached to an aromatic ring is 1. The molecule has 146 valence electrons. The van der Waals surface area contributed by atoms with Crippen LogP contribution in [0.4, 0.5) is 15.3 Å². The standard InChI is InChI=1S/C18H19FN6O2S/c1-9(10-4-11(19)7-21-6-10)22-18-23-13-5-14(20)28-16(13)15(24-18)17(27)25-3-2-12(26)8-25/h4-7,9,12,26H,2-3,8,20H2,1H3,(H,22,23,24)/t9-,12-/m0/s1. The minimum atomic E-state index is -0.521. The number of rotatable bonds is 4. The van der Waals surface area contributed by atoms with Gasteiger partial charge in [0.25, 0.3) is 5.91 Å². The number of hydrogen-bond donors (Lipinski definition) is 3. The molecule has 8 nitrogen and oxygen atoms in total. The second kappa shape index (κ2) is 7.28. The number of carbonyl (C=O) groups is 1. The number of hydrogen-bond acceptors (Lipinski definition) is 8. The van der Waals surface area contributed by atoms with Crippen molar-refractivity contribution in [3.63, 3.8) is 0 Å². The predicted octanol–water partition coefficient (Wildman–Crippen LogP) is 2.19. The molecule has 0 bridgehead atoms. The van der Waals surface area contributed by atoms with Crippen molar-refractivity contribution in [1.29, 1.82) is 0 Å². The van der Waals surface area contributed by atoms with Crippen LogP contribution < -0.4 is 11.1 Å². The fourth-order valence-electron chi connectivity index (χ4n) is 3.18. The van der Waals surface area contributed by atoms with Gasteiger partial charge < -0.3 is 21.1 Å². The largest absolute Gasteiger partial charge is 0.391 e. The van der Waals surface area contributed by atoms with Crippen molar-refractivity contribution in [2.24, 2.45) is 0 Å². The Kier molecular flexibility index (Phi) is 4.82. The highest BCUT2D eigenvalue weighted by Gasteiger charge is 2.29. The average molecular weight is 402 g/mol. The maximum Gasteiger partial charge on any atom is 0.274 e. The molecular formula is C18H19FN6O2S. The van der Waals surface area contributed by atoms with Crippen molar-refractivity contribution in [3.05, 3.63) is 41.6 Å². The van der Waals surface area contributed by atoms with E-state index in [1.807, 2.05) is 6.92 Å². The molecule has 4 heterocycles. The molecule has 3 aromatic heterocycles. The first-order valence-corrected chi connectivity index (χ1v) is 9.63. The number of fused-ring (bicyclic) bond motifs is 1. The number of carbonyl (C=O) groups excluding carboxylic acids is 1. The highest BCUT2D eigenvalue weighted by molar-refractivity contribution is 7.22. The van der Waals surface area contributed by atoms with E-state index in [1.54, 1.807) is 17.2 Å². The van der Waals surface area contributed by atoms with Gasteiger partial charge in [-0.15, -0.1) is 11.3 Å². The predicted molar refractivity (Wildman–Crippen MR) is 105 cm³/mol. The van der Waals surface area contributed by atoms with Gasteiger partial charge in [0.05, 0.1) is 33.6 Å². The molecule has 1 fully saturated rings. The van der Waals surface area contributed by atoms with Crippen LogP contribution in [-0.2, 0) is 0 Å². The normalized spacial score (nSPS) is 17.8. The summed E-state index contributed by atoms with van der Waals surface area (Å²) in [5.74, 6) is -0.462. The summed E-state index contributed by atoms with van der Waals surface area (Å²) in [7, 11) is 0. The zero-order valence-corrected chi connectivity index (χ0v) is 15.9. The maximum atomic E-state index is 13.4. The molecule has 4 N–H and O–H groups in total. The van der Waals surface area contributed by atoms with Crippen LogP contribution >= 0.6 is 11.3 Å². The molecule has 4 rings (SSSR count). The Morgan fingerprint density at radius 3 is 2.96 bits per heavy atom.